The first kappa shape index (κ1) is 22.1. The number of hydrogen-bond acceptors (Lipinski definition) is 5. The molecule has 32 heavy (non-hydrogen) atoms. The minimum absolute atomic E-state index is 0.121. The molecule has 2 aromatic carbocycles. The lowest BCUT2D eigenvalue weighted by atomic mass is 9.97. The molecule has 1 aliphatic heterocycles. The van der Waals surface area contributed by atoms with E-state index < -0.39 is 6.04 Å². The average molecular weight is 436 g/mol. The maximum absolute atomic E-state index is 13.6. The Balaban J connectivity index is 1.85. The van der Waals surface area contributed by atoms with Crippen molar-refractivity contribution in [3.8, 4) is 5.75 Å². The number of methoxy groups -OCH3 is 1. The molecule has 0 saturated heterocycles. The fraction of sp³-hybridized carbons (Fsp3) is 0.385. The highest BCUT2D eigenvalue weighted by molar-refractivity contribution is 5.99. The van der Waals surface area contributed by atoms with Crippen LogP contribution in [0.2, 0.25) is 0 Å². The van der Waals surface area contributed by atoms with Crippen LogP contribution in [0.1, 0.15) is 59.1 Å². The van der Waals surface area contributed by atoms with Crippen LogP contribution in [0, 0.1) is 13.8 Å². The van der Waals surface area contributed by atoms with Crippen molar-refractivity contribution in [2.24, 2.45) is 0 Å². The Hall–Kier alpha value is -3.12. The number of nitrogens with zero attached hydrogens (tertiary/aromatic N) is 1. The predicted molar refractivity (Wildman–Crippen MR) is 124 cm³/mol. The molecule has 0 bridgehead atoms. The van der Waals surface area contributed by atoms with Gasteiger partial charge >= 0.3 is 0 Å². The van der Waals surface area contributed by atoms with Crippen LogP contribution in [-0.4, -0.2) is 37.2 Å². The van der Waals surface area contributed by atoms with Gasteiger partial charge in [-0.05, 0) is 75.1 Å². The summed E-state index contributed by atoms with van der Waals surface area (Å²) in [6.07, 6.45) is 0.778. The molecule has 0 saturated carbocycles. The van der Waals surface area contributed by atoms with Gasteiger partial charge in [0.15, 0.2) is 5.43 Å². The van der Waals surface area contributed by atoms with Gasteiger partial charge in [-0.25, -0.2) is 0 Å². The Labute approximate surface area is 187 Å². The first-order valence-corrected chi connectivity index (χ1v) is 11.0. The minimum atomic E-state index is -0.533. The second-order valence-electron chi connectivity index (χ2n) is 8.56. The smallest absolute Gasteiger partial charge is 0.290 e. The average Bonchev–Trinajstić information content (AvgIpc) is 3.04. The molecule has 2 heterocycles. The summed E-state index contributed by atoms with van der Waals surface area (Å²) in [4.78, 5) is 28.8. The molecule has 0 radical (unpaired) electrons. The van der Waals surface area contributed by atoms with E-state index in [2.05, 4.69) is 0 Å². The lowest BCUT2D eigenvalue weighted by Crippen LogP contribution is -2.31. The van der Waals surface area contributed by atoms with Gasteiger partial charge in [0.05, 0.1) is 30.2 Å². The zero-order valence-corrected chi connectivity index (χ0v) is 19.2. The van der Waals surface area contributed by atoms with Gasteiger partial charge < -0.3 is 18.8 Å². The van der Waals surface area contributed by atoms with E-state index >= 15 is 0 Å². The van der Waals surface area contributed by atoms with E-state index in [1.165, 1.54) is 0 Å². The molecule has 6 nitrogen and oxygen atoms in total. The molecule has 6 heteroatoms. The van der Waals surface area contributed by atoms with Crippen molar-refractivity contribution in [3.63, 3.8) is 0 Å². The van der Waals surface area contributed by atoms with Crippen molar-refractivity contribution < 1.29 is 18.7 Å². The Morgan fingerprint density at radius 1 is 1.09 bits per heavy atom. The van der Waals surface area contributed by atoms with Crippen LogP contribution < -0.4 is 10.2 Å². The van der Waals surface area contributed by atoms with E-state index in [1.807, 2.05) is 64.1 Å². The van der Waals surface area contributed by atoms with Crippen molar-refractivity contribution in [1.82, 2.24) is 4.90 Å². The van der Waals surface area contributed by atoms with Gasteiger partial charge in [-0.15, -0.1) is 0 Å². The lowest BCUT2D eigenvalue weighted by Gasteiger charge is -2.25. The maximum Gasteiger partial charge on any atom is 0.290 e. The van der Waals surface area contributed by atoms with Crippen LogP contribution in [0.5, 0.6) is 5.75 Å². The van der Waals surface area contributed by atoms with Gasteiger partial charge in [0.1, 0.15) is 11.3 Å². The summed E-state index contributed by atoms with van der Waals surface area (Å²) < 4.78 is 17.1. The molecule has 0 aliphatic carbocycles. The number of fused-ring (bicyclic) bond motifs is 2. The topological polar surface area (TPSA) is 69.0 Å². The normalized spacial score (nSPS) is 15.6. The largest absolute Gasteiger partial charge is 0.497 e. The predicted octanol–water partition coefficient (Wildman–Crippen LogP) is 4.78. The van der Waals surface area contributed by atoms with Crippen LogP contribution in [0.25, 0.3) is 11.0 Å². The number of aryl methyl sites for hydroxylation is 2. The summed E-state index contributed by atoms with van der Waals surface area (Å²) in [5.74, 6) is 0.529. The van der Waals surface area contributed by atoms with Gasteiger partial charge in [0.25, 0.3) is 5.91 Å². The molecular formula is C26H29NO5. The molecule has 1 amide bonds. The van der Waals surface area contributed by atoms with Gasteiger partial charge in [-0.1, -0.05) is 12.1 Å². The molecule has 1 aromatic heterocycles. The van der Waals surface area contributed by atoms with Crippen LogP contribution in [0.15, 0.2) is 45.6 Å². The van der Waals surface area contributed by atoms with Gasteiger partial charge in [-0.2, -0.15) is 0 Å². The highest BCUT2D eigenvalue weighted by atomic mass is 16.5. The zero-order valence-electron chi connectivity index (χ0n) is 19.2. The second-order valence-corrected chi connectivity index (χ2v) is 8.56. The lowest BCUT2D eigenvalue weighted by molar-refractivity contribution is 0.0593. The number of rotatable bonds is 7. The summed E-state index contributed by atoms with van der Waals surface area (Å²) in [6.45, 7) is 8.87. The van der Waals surface area contributed by atoms with E-state index in [0.717, 1.165) is 16.7 Å². The van der Waals surface area contributed by atoms with Gasteiger partial charge in [0.2, 0.25) is 5.76 Å². The SMILES string of the molecule is COc1cccc([C@@H]2c3c(oc4cc(C)c(C)cc4c3=O)C(=O)N2CCCOC(C)C)c1. The monoisotopic (exact) mass is 435 g/mol. The van der Waals surface area contributed by atoms with Crippen molar-refractivity contribution in [2.75, 3.05) is 20.3 Å². The fourth-order valence-electron chi connectivity index (χ4n) is 4.22. The van der Waals surface area contributed by atoms with Gasteiger partial charge in [-0.3, -0.25) is 9.59 Å². The molecule has 0 fully saturated rings. The number of ether oxygens (including phenoxy) is 2. The van der Waals surface area contributed by atoms with E-state index in [9.17, 15) is 9.59 Å². The number of benzene rings is 2. The number of carbonyl (C=O) groups is 1. The molecule has 168 valence electrons. The summed E-state index contributed by atoms with van der Waals surface area (Å²) in [7, 11) is 1.60. The molecule has 1 aliphatic rings. The third-order valence-corrected chi connectivity index (χ3v) is 5.99. The zero-order chi connectivity index (χ0) is 23.0. The molecule has 0 N–H and O–H groups in total. The molecule has 0 spiro atoms. The standard InChI is InChI=1S/C26H29NO5/c1-15(2)31-11-7-10-27-23(18-8-6-9-19(14-18)30-5)22-24(28)20-12-16(3)17(4)13-21(20)32-25(22)26(27)29/h6,8-9,12-15,23H,7,10-11H2,1-5H3/t23-/m1/s1. The van der Waals surface area contributed by atoms with Crippen LogP contribution >= 0.6 is 0 Å². The second kappa shape index (κ2) is 8.79. The van der Waals surface area contributed by atoms with Crippen molar-refractivity contribution in [1.29, 1.82) is 0 Å². The third-order valence-electron chi connectivity index (χ3n) is 5.99. The van der Waals surface area contributed by atoms with Gasteiger partial charge in [0, 0.05) is 13.2 Å². The first-order chi connectivity index (χ1) is 15.3. The maximum atomic E-state index is 13.6. The Morgan fingerprint density at radius 2 is 1.84 bits per heavy atom. The molecule has 3 aromatic rings. The summed E-state index contributed by atoms with van der Waals surface area (Å²) in [6, 6.07) is 10.6. The van der Waals surface area contributed by atoms with E-state index in [1.54, 1.807) is 12.0 Å². The Morgan fingerprint density at radius 3 is 2.56 bits per heavy atom. The van der Waals surface area contributed by atoms with Crippen LogP contribution in [0.4, 0.5) is 0 Å². The van der Waals surface area contributed by atoms with Crippen LogP contribution in [-0.2, 0) is 4.74 Å². The highest BCUT2D eigenvalue weighted by Crippen LogP contribution is 2.39. The Bertz CT molecular complexity index is 1230. The van der Waals surface area contributed by atoms with E-state index in [0.29, 0.717) is 41.9 Å². The number of amides is 1. The van der Waals surface area contributed by atoms with E-state index in [4.69, 9.17) is 13.9 Å². The Kier molecular flexibility index (Phi) is 6.07. The molecule has 1 atom stereocenters. The van der Waals surface area contributed by atoms with Crippen molar-refractivity contribution in [2.45, 2.75) is 46.3 Å². The minimum Gasteiger partial charge on any atom is -0.497 e. The molecule has 4 rings (SSSR count). The number of carbonyl (C=O) groups excluding carboxylic acids is 1. The van der Waals surface area contributed by atoms with Crippen molar-refractivity contribution >= 4 is 16.9 Å². The summed E-state index contributed by atoms with van der Waals surface area (Å²) in [5.41, 5.74) is 3.51. The van der Waals surface area contributed by atoms with Crippen molar-refractivity contribution in [3.05, 3.63) is 74.6 Å². The third kappa shape index (κ3) is 3.91. The van der Waals surface area contributed by atoms with Crippen LogP contribution in [0.3, 0.4) is 0 Å². The summed E-state index contributed by atoms with van der Waals surface area (Å²) in [5, 5.41) is 0.498. The van der Waals surface area contributed by atoms with E-state index in [-0.39, 0.29) is 23.2 Å². The first-order valence-electron chi connectivity index (χ1n) is 11.0. The fourth-order valence-corrected chi connectivity index (χ4v) is 4.22. The number of hydrogen-bond donors (Lipinski definition) is 0. The molecular weight excluding hydrogens is 406 g/mol. The molecule has 0 unspecified atom stereocenters. The highest BCUT2D eigenvalue weighted by Gasteiger charge is 2.42. The quantitative estimate of drug-likeness (QED) is 0.500. The summed E-state index contributed by atoms with van der Waals surface area (Å²) >= 11 is 0.